The predicted molar refractivity (Wildman–Crippen MR) is 141 cm³/mol. The Kier molecular flexibility index (Phi) is 7.65. The van der Waals surface area contributed by atoms with Crippen LogP contribution in [0.3, 0.4) is 0 Å². The van der Waals surface area contributed by atoms with Crippen LogP contribution in [0, 0.1) is 11.3 Å². The average Bonchev–Trinajstić information content (AvgIpc) is 2.84. The van der Waals surface area contributed by atoms with Gasteiger partial charge >= 0.3 is 0 Å². The van der Waals surface area contributed by atoms with E-state index in [0.717, 1.165) is 27.5 Å². The minimum atomic E-state index is 0.242. The molecule has 0 aromatic heterocycles. The van der Waals surface area contributed by atoms with Gasteiger partial charge in [-0.15, -0.1) is 0 Å². The normalized spacial score (nSPS) is 11.3. The fourth-order valence-electron chi connectivity index (χ4n) is 3.56. The first kappa shape index (κ1) is 24.0. The minimum absolute atomic E-state index is 0.242. The van der Waals surface area contributed by atoms with E-state index < -0.39 is 0 Å². The highest BCUT2D eigenvalue weighted by Crippen LogP contribution is 2.38. The van der Waals surface area contributed by atoms with Gasteiger partial charge in [0.25, 0.3) is 0 Å². The molecular formula is C28H20Cl3NO2. The van der Waals surface area contributed by atoms with Gasteiger partial charge in [0.15, 0.2) is 11.5 Å². The van der Waals surface area contributed by atoms with E-state index in [2.05, 4.69) is 6.07 Å². The zero-order chi connectivity index (χ0) is 24.1. The Labute approximate surface area is 213 Å². The Balaban J connectivity index is 1.65. The molecule has 0 aliphatic rings. The molecular weight excluding hydrogens is 489 g/mol. The maximum atomic E-state index is 9.83. The number of nitriles is 1. The van der Waals surface area contributed by atoms with Crippen LogP contribution in [0.5, 0.6) is 11.5 Å². The molecule has 0 N–H and O–H groups in total. The smallest absolute Gasteiger partial charge is 0.180 e. The molecule has 4 aromatic rings. The third-order valence-electron chi connectivity index (χ3n) is 5.19. The summed E-state index contributed by atoms with van der Waals surface area (Å²) in [7, 11) is 0. The van der Waals surface area contributed by atoms with E-state index in [1.54, 1.807) is 24.3 Å². The lowest BCUT2D eigenvalue weighted by Crippen LogP contribution is -2.01. The number of ether oxygens (including phenoxy) is 2. The lowest BCUT2D eigenvalue weighted by atomic mass is 10.00. The molecule has 0 bridgehead atoms. The lowest BCUT2D eigenvalue weighted by molar-refractivity contribution is 0.269. The summed E-state index contributed by atoms with van der Waals surface area (Å²) in [5, 5.41) is 13.3. The summed E-state index contributed by atoms with van der Waals surface area (Å²) in [6.45, 7) is 2.56. The number of nitrogens with zero attached hydrogens (tertiary/aromatic N) is 1. The van der Waals surface area contributed by atoms with Gasteiger partial charge in [0.2, 0.25) is 0 Å². The van der Waals surface area contributed by atoms with Crippen molar-refractivity contribution in [3.63, 3.8) is 0 Å². The molecule has 0 spiro atoms. The molecule has 0 unspecified atom stereocenters. The molecule has 0 heterocycles. The molecule has 0 aliphatic heterocycles. The summed E-state index contributed by atoms with van der Waals surface area (Å²) in [6, 6.07) is 25.2. The van der Waals surface area contributed by atoms with E-state index >= 15 is 0 Å². The van der Waals surface area contributed by atoms with Crippen LogP contribution < -0.4 is 9.47 Å². The number of allylic oxidation sites excluding steroid dienone is 1. The SMILES string of the molecule is CCOc1cc(/C=C(/C#N)c2ccc3ccccc3c2)cc(Cl)c1OCc1ccc(Cl)c(Cl)c1. The highest BCUT2D eigenvalue weighted by molar-refractivity contribution is 6.42. The first-order valence-corrected chi connectivity index (χ1v) is 11.8. The summed E-state index contributed by atoms with van der Waals surface area (Å²) in [4.78, 5) is 0. The first-order valence-electron chi connectivity index (χ1n) is 10.6. The van der Waals surface area contributed by atoms with Crippen molar-refractivity contribution < 1.29 is 9.47 Å². The van der Waals surface area contributed by atoms with Gasteiger partial charge in [-0.1, -0.05) is 77.3 Å². The van der Waals surface area contributed by atoms with Gasteiger partial charge in [-0.2, -0.15) is 5.26 Å². The van der Waals surface area contributed by atoms with E-state index in [-0.39, 0.29) is 6.61 Å². The summed E-state index contributed by atoms with van der Waals surface area (Å²) >= 11 is 18.7. The number of fused-ring (bicyclic) bond motifs is 1. The monoisotopic (exact) mass is 507 g/mol. The summed E-state index contributed by atoms with van der Waals surface area (Å²) in [5.74, 6) is 0.924. The van der Waals surface area contributed by atoms with E-state index in [4.69, 9.17) is 44.3 Å². The van der Waals surface area contributed by atoms with Crippen LogP contribution >= 0.6 is 34.8 Å². The van der Waals surface area contributed by atoms with Gasteiger partial charge in [-0.25, -0.2) is 0 Å². The van der Waals surface area contributed by atoms with Crippen LogP contribution in [-0.4, -0.2) is 6.61 Å². The second-order valence-electron chi connectivity index (χ2n) is 7.53. The third-order valence-corrected chi connectivity index (χ3v) is 6.21. The van der Waals surface area contributed by atoms with Crippen LogP contribution in [-0.2, 0) is 6.61 Å². The first-order chi connectivity index (χ1) is 16.5. The molecule has 0 aliphatic carbocycles. The molecule has 0 radical (unpaired) electrons. The van der Waals surface area contributed by atoms with Gasteiger partial charge in [-0.05, 0) is 70.8 Å². The minimum Gasteiger partial charge on any atom is -0.490 e. The van der Waals surface area contributed by atoms with E-state index in [9.17, 15) is 5.26 Å². The van der Waals surface area contributed by atoms with Crippen LogP contribution in [0.4, 0.5) is 0 Å². The van der Waals surface area contributed by atoms with E-state index in [1.165, 1.54) is 0 Å². The number of hydrogen-bond donors (Lipinski definition) is 0. The average molecular weight is 509 g/mol. The maximum Gasteiger partial charge on any atom is 0.180 e. The lowest BCUT2D eigenvalue weighted by Gasteiger charge is -2.15. The summed E-state index contributed by atoms with van der Waals surface area (Å²) in [5.41, 5.74) is 2.93. The van der Waals surface area contributed by atoms with Crippen molar-refractivity contribution in [2.45, 2.75) is 13.5 Å². The second kappa shape index (κ2) is 10.8. The Morgan fingerprint density at radius 1 is 0.853 bits per heavy atom. The van der Waals surface area contributed by atoms with Crippen LogP contribution in [0.25, 0.3) is 22.4 Å². The molecule has 4 rings (SSSR count). The quantitative estimate of drug-likeness (QED) is 0.185. The summed E-state index contributed by atoms with van der Waals surface area (Å²) < 4.78 is 11.8. The van der Waals surface area contributed by atoms with E-state index in [0.29, 0.717) is 38.7 Å². The standard InChI is InChI=1S/C28H20Cl3NO2/c1-2-33-27-14-19(11-23(16-32)22-9-8-20-5-3-4-6-21(20)15-22)13-26(31)28(27)34-17-18-7-10-24(29)25(30)12-18/h3-15H,2,17H2,1H3/b23-11-. The third kappa shape index (κ3) is 5.48. The van der Waals surface area contributed by atoms with Gasteiger partial charge < -0.3 is 9.47 Å². The number of hydrogen-bond acceptors (Lipinski definition) is 3. The topological polar surface area (TPSA) is 42.2 Å². The molecule has 0 saturated heterocycles. The van der Waals surface area contributed by atoms with Gasteiger partial charge in [0, 0.05) is 0 Å². The Hall–Kier alpha value is -3.16. The van der Waals surface area contributed by atoms with Gasteiger partial charge in [0.05, 0.1) is 33.3 Å². The maximum absolute atomic E-state index is 9.83. The molecule has 0 amide bonds. The molecule has 4 aromatic carbocycles. The van der Waals surface area contributed by atoms with Crippen molar-refractivity contribution in [2.75, 3.05) is 6.61 Å². The highest BCUT2D eigenvalue weighted by atomic mass is 35.5. The van der Waals surface area contributed by atoms with E-state index in [1.807, 2.05) is 61.5 Å². The molecule has 3 nitrogen and oxygen atoms in total. The van der Waals surface area contributed by atoms with Crippen LogP contribution in [0.15, 0.2) is 72.8 Å². The van der Waals surface area contributed by atoms with Crippen molar-refractivity contribution in [3.05, 3.63) is 105 Å². The van der Waals surface area contributed by atoms with Crippen molar-refractivity contribution in [2.24, 2.45) is 0 Å². The van der Waals surface area contributed by atoms with Crippen molar-refractivity contribution >= 4 is 57.2 Å². The Morgan fingerprint density at radius 2 is 1.65 bits per heavy atom. The largest absolute Gasteiger partial charge is 0.490 e. The van der Waals surface area contributed by atoms with Crippen molar-refractivity contribution in [3.8, 4) is 17.6 Å². The molecule has 34 heavy (non-hydrogen) atoms. The van der Waals surface area contributed by atoms with Gasteiger partial charge in [-0.3, -0.25) is 0 Å². The number of halogens is 3. The Bertz CT molecular complexity index is 1420. The van der Waals surface area contributed by atoms with Crippen LogP contribution in [0.2, 0.25) is 15.1 Å². The fourth-order valence-corrected chi connectivity index (χ4v) is 4.16. The number of benzene rings is 4. The molecule has 6 heteroatoms. The van der Waals surface area contributed by atoms with Crippen molar-refractivity contribution in [1.29, 1.82) is 5.26 Å². The number of rotatable bonds is 7. The molecule has 0 fully saturated rings. The van der Waals surface area contributed by atoms with Crippen molar-refractivity contribution in [1.82, 2.24) is 0 Å². The Morgan fingerprint density at radius 3 is 2.38 bits per heavy atom. The zero-order valence-corrected chi connectivity index (χ0v) is 20.6. The molecule has 170 valence electrons. The van der Waals surface area contributed by atoms with Gasteiger partial charge in [0.1, 0.15) is 6.61 Å². The predicted octanol–water partition coefficient (Wildman–Crippen LogP) is 8.84. The molecule has 0 saturated carbocycles. The molecule has 0 atom stereocenters. The summed E-state index contributed by atoms with van der Waals surface area (Å²) in [6.07, 6.45) is 1.79. The highest BCUT2D eigenvalue weighted by Gasteiger charge is 2.14. The second-order valence-corrected chi connectivity index (χ2v) is 8.75. The van der Waals surface area contributed by atoms with Crippen LogP contribution in [0.1, 0.15) is 23.6 Å². The fraction of sp³-hybridized carbons (Fsp3) is 0.107. The zero-order valence-electron chi connectivity index (χ0n) is 18.3.